The Morgan fingerprint density at radius 1 is 1.60 bits per heavy atom. The molecule has 0 aliphatic rings. The number of nitrogens with zero attached hydrogens (tertiary/aromatic N) is 2. The quantitative estimate of drug-likeness (QED) is 0.572. The third-order valence-corrected chi connectivity index (χ3v) is 3.58. The molecule has 1 aromatic rings. The van der Waals surface area contributed by atoms with Crippen molar-refractivity contribution in [3.05, 3.63) is 12.4 Å². The molecule has 86 valence electrons. The van der Waals surface area contributed by atoms with Crippen LogP contribution in [0.4, 0.5) is 0 Å². The zero-order valence-corrected chi connectivity index (χ0v) is 10.7. The highest BCUT2D eigenvalue weighted by Crippen LogP contribution is 2.18. The number of hydrogen-bond donors (Lipinski definition) is 1. The van der Waals surface area contributed by atoms with E-state index in [9.17, 15) is 0 Å². The Balaban J connectivity index is 2.11. The van der Waals surface area contributed by atoms with Crippen LogP contribution in [0.15, 0.2) is 17.3 Å². The van der Waals surface area contributed by atoms with Crippen LogP contribution in [-0.4, -0.2) is 28.6 Å². The zero-order chi connectivity index (χ0) is 11.1. The maximum absolute atomic E-state index is 4.15. The Labute approximate surface area is 96.6 Å². The Bertz CT molecular complexity index is 269. The molecule has 1 N–H and O–H groups in total. The number of nitrogens with one attached hydrogen (secondary N) is 1. The van der Waals surface area contributed by atoms with Crippen LogP contribution in [0, 0.1) is 0 Å². The molecule has 0 aliphatic carbocycles. The zero-order valence-electron chi connectivity index (χ0n) is 9.86. The van der Waals surface area contributed by atoms with Crippen molar-refractivity contribution < 1.29 is 0 Å². The topological polar surface area (TPSA) is 29.9 Å². The highest BCUT2D eigenvalue weighted by molar-refractivity contribution is 7.99. The van der Waals surface area contributed by atoms with Gasteiger partial charge in [0, 0.05) is 24.2 Å². The summed E-state index contributed by atoms with van der Waals surface area (Å²) in [6.07, 6.45) is 7.74. The summed E-state index contributed by atoms with van der Waals surface area (Å²) in [6.45, 7) is 2.23. The van der Waals surface area contributed by atoms with Crippen LogP contribution < -0.4 is 5.32 Å². The first-order chi connectivity index (χ1) is 7.26. The number of thioether (sulfide) groups is 1. The molecular formula is C11H21N3S. The number of rotatable bonds is 7. The molecule has 1 unspecified atom stereocenters. The monoisotopic (exact) mass is 227 g/mol. The molecule has 1 atom stereocenters. The molecule has 4 heteroatoms. The molecule has 0 aromatic carbocycles. The van der Waals surface area contributed by atoms with Crippen molar-refractivity contribution in [1.82, 2.24) is 15.1 Å². The van der Waals surface area contributed by atoms with Gasteiger partial charge in [-0.05, 0) is 32.1 Å². The number of aromatic nitrogens is 2. The summed E-state index contributed by atoms with van der Waals surface area (Å²) in [6, 6.07) is 0.680. The van der Waals surface area contributed by atoms with Gasteiger partial charge in [-0.3, -0.25) is 4.68 Å². The maximum Gasteiger partial charge on any atom is 0.0625 e. The second-order valence-corrected chi connectivity index (χ2v) is 4.90. The minimum absolute atomic E-state index is 0.680. The summed E-state index contributed by atoms with van der Waals surface area (Å²) in [5.41, 5.74) is 0. The molecule has 1 heterocycles. The Hall–Kier alpha value is -0.480. The summed E-state index contributed by atoms with van der Waals surface area (Å²) in [4.78, 5) is 1.27. The van der Waals surface area contributed by atoms with E-state index in [2.05, 4.69) is 23.5 Å². The summed E-state index contributed by atoms with van der Waals surface area (Å²) in [7, 11) is 4.00. The first kappa shape index (κ1) is 12.6. The normalized spacial score (nSPS) is 13.0. The second kappa shape index (κ2) is 6.90. The summed E-state index contributed by atoms with van der Waals surface area (Å²) >= 11 is 1.89. The number of aryl methyl sites for hydroxylation is 1. The fraction of sp³-hybridized carbons (Fsp3) is 0.727. The largest absolute Gasteiger partial charge is 0.317 e. The fourth-order valence-corrected chi connectivity index (χ4v) is 2.44. The summed E-state index contributed by atoms with van der Waals surface area (Å²) < 4.78 is 1.85. The van der Waals surface area contributed by atoms with Crippen molar-refractivity contribution in [3.63, 3.8) is 0 Å². The number of hydrogen-bond acceptors (Lipinski definition) is 3. The van der Waals surface area contributed by atoms with Gasteiger partial charge < -0.3 is 5.32 Å². The van der Waals surface area contributed by atoms with Crippen molar-refractivity contribution in [3.8, 4) is 0 Å². The third kappa shape index (κ3) is 4.71. The molecule has 15 heavy (non-hydrogen) atoms. The highest BCUT2D eigenvalue weighted by atomic mass is 32.2. The van der Waals surface area contributed by atoms with Gasteiger partial charge in [0.1, 0.15) is 0 Å². The highest BCUT2D eigenvalue weighted by Gasteiger charge is 2.02. The van der Waals surface area contributed by atoms with Crippen LogP contribution in [0.2, 0.25) is 0 Å². The van der Waals surface area contributed by atoms with Gasteiger partial charge in [-0.25, -0.2) is 0 Å². The first-order valence-electron chi connectivity index (χ1n) is 5.55. The Morgan fingerprint density at radius 2 is 2.40 bits per heavy atom. The maximum atomic E-state index is 4.15. The minimum atomic E-state index is 0.680. The van der Waals surface area contributed by atoms with Crippen molar-refractivity contribution in [2.75, 3.05) is 12.8 Å². The first-order valence-corrected chi connectivity index (χ1v) is 6.53. The van der Waals surface area contributed by atoms with Crippen molar-refractivity contribution >= 4 is 11.8 Å². The van der Waals surface area contributed by atoms with Crippen molar-refractivity contribution in [1.29, 1.82) is 0 Å². The molecule has 1 aromatic heterocycles. The van der Waals surface area contributed by atoms with Crippen LogP contribution in [0.25, 0.3) is 0 Å². The lowest BCUT2D eigenvalue weighted by molar-refractivity contribution is 0.504. The van der Waals surface area contributed by atoms with E-state index >= 15 is 0 Å². The minimum Gasteiger partial charge on any atom is -0.317 e. The van der Waals surface area contributed by atoms with Gasteiger partial charge >= 0.3 is 0 Å². The third-order valence-electron chi connectivity index (χ3n) is 2.55. The van der Waals surface area contributed by atoms with Crippen LogP contribution >= 0.6 is 11.8 Å². The molecule has 0 saturated heterocycles. The van der Waals surface area contributed by atoms with E-state index in [0.717, 1.165) is 0 Å². The molecular weight excluding hydrogens is 206 g/mol. The summed E-state index contributed by atoms with van der Waals surface area (Å²) in [5, 5.41) is 7.48. The van der Waals surface area contributed by atoms with E-state index in [1.54, 1.807) is 0 Å². The predicted octanol–water partition coefficient (Wildman–Crippen LogP) is 2.29. The van der Waals surface area contributed by atoms with Gasteiger partial charge in [0.05, 0.1) is 6.20 Å². The molecule has 0 fully saturated rings. The van der Waals surface area contributed by atoms with Gasteiger partial charge in [0.25, 0.3) is 0 Å². The van der Waals surface area contributed by atoms with Gasteiger partial charge in [-0.2, -0.15) is 5.10 Å². The van der Waals surface area contributed by atoms with Crippen LogP contribution in [-0.2, 0) is 7.05 Å². The van der Waals surface area contributed by atoms with E-state index in [-0.39, 0.29) is 0 Å². The molecule has 0 aliphatic heterocycles. The van der Waals surface area contributed by atoms with Gasteiger partial charge in [-0.1, -0.05) is 6.92 Å². The molecule has 0 bridgehead atoms. The molecule has 1 rings (SSSR count). The van der Waals surface area contributed by atoms with Crippen LogP contribution in [0.5, 0.6) is 0 Å². The molecule has 0 spiro atoms. The SMILES string of the molecule is CCC(CCCSc1cnn(C)c1)NC. The van der Waals surface area contributed by atoms with E-state index in [1.165, 1.54) is 29.9 Å². The standard InChI is InChI=1S/C11H21N3S/c1-4-10(12-2)6-5-7-15-11-8-13-14(3)9-11/h8-10,12H,4-7H2,1-3H3. The molecule has 0 saturated carbocycles. The molecule has 0 radical (unpaired) electrons. The van der Waals surface area contributed by atoms with E-state index in [1.807, 2.05) is 36.7 Å². The van der Waals surface area contributed by atoms with Gasteiger partial charge in [0.15, 0.2) is 0 Å². The lowest BCUT2D eigenvalue weighted by Crippen LogP contribution is -2.23. The lowest BCUT2D eigenvalue weighted by Gasteiger charge is -2.12. The van der Waals surface area contributed by atoms with E-state index < -0.39 is 0 Å². The Morgan fingerprint density at radius 3 is 2.93 bits per heavy atom. The fourth-order valence-electron chi connectivity index (χ4n) is 1.55. The average molecular weight is 227 g/mol. The van der Waals surface area contributed by atoms with Crippen molar-refractivity contribution in [2.24, 2.45) is 7.05 Å². The van der Waals surface area contributed by atoms with Gasteiger partial charge in [-0.15, -0.1) is 11.8 Å². The van der Waals surface area contributed by atoms with Gasteiger partial charge in [0.2, 0.25) is 0 Å². The van der Waals surface area contributed by atoms with Crippen LogP contribution in [0.3, 0.4) is 0 Å². The Kier molecular flexibility index (Phi) is 5.79. The van der Waals surface area contributed by atoms with E-state index in [0.29, 0.717) is 6.04 Å². The van der Waals surface area contributed by atoms with Crippen LogP contribution in [0.1, 0.15) is 26.2 Å². The average Bonchev–Trinajstić information content (AvgIpc) is 2.65. The lowest BCUT2D eigenvalue weighted by atomic mass is 10.1. The molecule has 0 amide bonds. The molecule has 3 nitrogen and oxygen atoms in total. The van der Waals surface area contributed by atoms with E-state index in [4.69, 9.17) is 0 Å². The smallest absolute Gasteiger partial charge is 0.0625 e. The predicted molar refractivity (Wildman–Crippen MR) is 66.3 cm³/mol. The van der Waals surface area contributed by atoms with Crippen molar-refractivity contribution in [2.45, 2.75) is 37.1 Å². The summed E-state index contributed by atoms with van der Waals surface area (Å²) in [5.74, 6) is 1.18. The second-order valence-electron chi connectivity index (χ2n) is 3.73.